The second-order valence-electron chi connectivity index (χ2n) is 3.08. The number of hydrogen-bond donors (Lipinski definition) is 1. The zero-order valence-corrected chi connectivity index (χ0v) is 8.65. The molecule has 0 fully saturated rings. The van der Waals surface area contributed by atoms with Crippen LogP contribution in [0.2, 0.25) is 5.15 Å². The summed E-state index contributed by atoms with van der Waals surface area (Å²) in [5.74, 6) is 0. The van der Waals surface area contributed by atoms with Gasteiger partial charge < -0.3 is 5.11 Å². The van der Waals surface area contributed by atoms with Crippen LogP contribution in [0.1, 0.15) is 5.56 Å². The lowest BCUT2D eigenvalue weighted by atomic mass is 10.1. The van der Waals surface area contributed by atoms with Gasteiger partial charge in [-0.15, -0.1) is 0 Å². The minimum atomic E-state index is 0.0205. The zero-order valence-electron chi connectivity index (χ0n) is 7.89. The van der Waals surface area contributed by atoms with Gasteiger partial charge in [-0.25, -0.2) is 9.97 Å². The van der Waals surface area contributed by atoms with Gasteiger partial charge in [0.25, 0.3) is 0 Å². The Morgan fingerprint density at radius 2 is 2.07 bits per heavy atom. The standard InChI is InChI=1S/C11H9ClN2O/c12-11-5-10(13-7-14-11)9-3-1-2-8(4-9)6-15/h1-5,7,15H,6H2. The molecule has 1 aromatic heterocycles. The van der Waals surface area contributed by atoms with Crippen molar-refractivity contribution in [2.24, 2.45) is 0 Å². The van der Waals surface area contributed by atoms with Crippen LogP contribution in [0.4, 0.5) is 0 Å². The lowest BCUT2D eigenvalue weighted by Gasteiger charge is -2.02. The fourth-order valence-corrected chi connectivity index (χ4v) is 1.47. The first kappa shape index (κ1) is 10.1. The summed E-state index contributed by atoms with van der Waals surface area (Å²) in [5, 5.41) is 9.42. The summed E-state index contributed by atoms with van der Waals surface area (Å²) in [6.07, 6.45) is 1.42. The Labute approximate surface area is 92.4 Å². The Morgan fingerprint density at radius 3 is 2.80 bits per heavy atom. The quantitative estimate of drug-likeness (QED) is 0.790. The summed E-state index contributed by atoms with van der Waals surface area (Å²) in [6.45, 7) is 0.0205. The lowest BCUT2D eigenvalue weighted by Crippen LogP contribution is -1.88. The van der Waals surface area contributed by atoms with E-state index in [0.717, 1.165) is 16.8 Å². The van der Waals surface area contributed by atoms with E-state index in [1.807, 2.05) is 24.3 Å². The summed E-state index contributed by atoms with van der Waals surface area (Å²) in [5.41, 5.74) is 2.53. The minimum absolute atomic E-state index is 0.0205. The van der Waals surface area contributed by atoms with E-state index in [4.69, 9.17) is 16.7 Å². The first-order valence-electron chi connectivity index (χ1n) is 4.47. The third-order valence-electron chi connectivity index (χ3n) is 2.04. The van der Waals surface area contributed by atoms with Gasteiger partial charge in [0, 0.05) is 11.6 Å². The molecule has 0 bridgehead atoms. The average Bonchev–Trinajstić information content (AvgIpc) is 2.29. The monoisotopic (exact) mass is 220 g/mol. The van der Waals surface area contributed by atoms with Crippen molar-refractivity contribution in [2.45, 2.75) is 6.61 Å². The van der Waals surface area contributed by atoms with Crippen LogP contribution in [-0.2, 0) is 6.61 Å². The number of halogens is 1. The van der Waals surface area contributed by atoms with Crippen molar-refractivity contribution in [2.75, 3.05) is 0 Å². The van der Waals surface area contributed by atoms with E-state index in [2.05, 4.69) is 9.97 Å². The van der Waals surface area contributed by atoms with Gasteiger partial charge in [0.15, 0.2) is 0 Å². The molecule has 15 heavy (non-hydrogen) atoms. The third kappa shape index (κ3) is 2.32. The minimum Gasteiger partial charge on any atom is -0.392 e. The number of hydrogen-bond acceptors (Lipinski definition) is 3. The molecule has 1 N–H and O–H groups in total. The molecule has 1 aromatic carbocycles. The van der Waals surface area contributed by atoms with E-state index in [1.54, 1.807) is 6.07 Å². The second-order valence-corrected chi connectivity index (χ2v) is 3.47. The number of aromatic nitrogens is 2. The lowest BCUT2D eigenvalue weighted by molar-refractivity contribution is 0.282. The van der Waals surface area contributed by atoms with Gasteiger partial charge in [-0.05, 0) is 11.6 Å². The maximum Gasteiger partial charge on any atom is 0.133 e. The molecule has 0 saturated carbocycles. The van der Waals surface area contributed by atoms with E-state index in [1.165, 1.54) is 6.33 Å². The molecule has 1 heterocycles. The van der Waals surface area contributed by atoms with Crippen molar-refractivity contribution in [3.63, 3.8) is 0 Å². The molecule has 0 aliphatic rings. The van der Waals surface area contributed by atoms with Gasteiger partial charge >= 0.3 is 0 Å². The number of benzene rings is 1. The summed E-state index contributed by atoms with van der Waals surface area (Å²) in [4.78, 5) is 7.92. The van der Waals surface area contributed by atoms with Gasteiger partial charge in [0.2, 0.25) is 0 Å². The summed E-state index contributed by atoms with van der Waals surface area (Å²) in [7, 11) is 0. The van der Waals surface area contributed by atoms with Crippen molar-refractivity contribution < 1.29 is 5.11 Å². The highest BCUT2D eigenvalue weighted by molar-refractivity contribution is 6.29. The zero-order chi connectivity index (χ0) is 10.7. The van der Waals surface area contributed by atoms with Crippen molar-refractivity contribution in [3.8, 4) is 11.3 Å². The highest BCUT2D eigenvalue weighted by Gasteiger charge is 2.01. The molecule has 0 aliphatic carbocycles. The van der Waals surface area contributed by atoms with Gasteiger partial charge in [-0.2, -0.15) is 0 Å². The van der Waals surface area contributed by atoms with Crippen molar-refractivity contribution in [3.05, 3.63) is 47.4 Å². The summed E-state index contributed by atoms with van der Waals surface area (Å²) >= 11 is 5.77. The van der Waals surface area contributed by atoms with Crippen LogP contribution in [0.3, 0.4) is 0 Å². The molecule has 0 radical (unpaired) electrons. The SMILES string of the molecule is OCc1cccc(-c2cc(Cl)ncn2)c1. The maximum atomic E-state index is 9.00. The van der Waals surface area contributed by atoms with Crippen LogP contribution in [0.25, 0.3) is 11.3 Å². The predicted molar refractivity (Wildman–Crippen MR) is 58.4 cm³/mol. The van der Waals surface area contributed by atoms with Crippen LogP contribution in [0, 0.1) is 0 Å². The number of aliphatic hydroxyl groups excluding tert-OH is 1. The Bertz CT molecular complexity index is 474. The van der Waals surface area contributed by atoms with E-state index >= 15 is 0 Å². The normalized spacial score (nSPS) is 10.3. The van der Waals surface area contributed by atoms with Crippen molar-refractivity contribution in [1.29, 1.82) is 0 Å². The first-order valence-corrected chi connectivity index (χ1v) is 4.85. The van der Waals surface area contributed by atoms with E-state index in [-0.39, 0.29) is 6.61 Å². The average molecular weight is 221 g/mol. The molecule has 0 spiro atoms. The largest absolute Gasteiger partial charge is 0.392 e. The second kappa shape index (κ2) is 4.38. The van der Waals surface area contributed by atoms with Crippen molar-refractivity contribution in [1.82, 2.24) is 9.97 Å². The predicted octanol–water partition coefficient (Wildman–Crippen LogP) is 2.29. The van der Waals surface area contributed by atoms with Gasteiger partial charge in [0.05, 0.1) is 12.3 Å². The smallest absolute Gasteiger partial charge is 0.133 e. The van der Waals surface area contributed by atoms with E-state index in [9.17, 15) is 0 Å². The molecule has 0 atom stereocenters. The van der Waals surface area contributed by atoms with Crippen molar-refractivity contribution >= 4 is 11.6 Å². The summed E-state index contributed by atoms with van der Waals surface area (Å²) in [6, 6.07) is 9.21. The Kier molecular flexibility index (Phi) is 2.94. The van der Waals surface area contributed by atoms with Gasteiger partial charge in [-0.3, -0.25) is 0 Å². The Balaban J connectivity index is 2.44. The fourth-order valence-electron chi connectivity index (χ4n) is 1.32. The number of aliphatic hydroxyl groups is 1. The molecule has 3 nitrogen and oxygen atoms in total. The van der Waals surface area contributed by atoms with Crippen LogP contribution < -0.4 is 0 Å². The number of nitrogens with zero attached hydrogens (tertiary/aromatic N) is 2. The molecular formula is C11H9ClN2O. The van der Waals surface area contributed by atoms with Gasteiger partial charge in [0.1, 0.15) is 11.5 Å². The van der Waals surface area contributed by atoms with E-state index < -0.39 is 0 Å². The topological polar surface area (TPSA) is 46.0 Å². The number of rotatable bonds is 2. The molecule has 2 rings (SSSR count). The highest BCUT2D eigenvalue weighted by atomic mass is 35.5. The maximum absolute atomic E-state index is 9.00. The molecule has 0 aliphatic heterocycles. The molecule has 4 heteroatoms. The Hall–Kier alpha value is -1.45. The van der Waals surface area contributed by atoms with Gasteiger partial charge in [-0.1, -0.05) is 29.8 Å². The molecule has 0 unspecified atom stereocenters. The highest BCUT2D eigenvalue weighted by Crippen LogP contribution is 2.19. The van der Waals surface area contributed by atoms with Crippen LogP contribution >= 0.6 is 11.6 Å². The molecular weight excluding hydrogens is 212 g/mol. The molecule has 0 saturated heterocycles. The summed E-state index contributed by atoms with van der Waals surface area (Å²) < 4.78 is 0. The fraction of sp³-hybridized carbons (Fsp3) is 0.0909. The van der Waals surface area contributed by atoms with E-state index in [0.29, 0.717) is 5.15 Å². The molecule has 76 valence electrons. The first-order chi connectivity index (χ1) is 7.29. The molecule has 2 aromatic rings. The van der Waals surface area contributed by atoms with Crippen LogP contribution in [-0.4, -0.2) is 15.1 Å². The Morgan fingerprint density at radius 1 is 1.20 bits per heavy atom. The third-order valence-corrected chi connectivity index (χ3v) is 2.25. The van der Waals surface area contributed by atoms with Crippen LogP contribution in [0.15, 0.2) is 36.7 Å². The molecule has 0 amide bonds. The van der Waals surface area contributed by atoms with Crippen LogP contribution in [0.5, 0.6) is 0 Å².